The summed E-state index contributed by atoms with van der Waals surface area (Å²) >= 11 is 6.04. The Bertz CT molecular complexity index is 536. The van der Waals surface area contributed by atoms with Gasteiger partial charge in [0.05, 0.1) is 5.25 Å². The molecule has 0 spiro atoms. The van der Waals surface area contributed by atoms with E-state index in [1.54, 1.807) is 11.3 Å². The van der Waals surface area contributed by atoms with Crippen molar-refractivity contribution in [1.29, 1.82) is 0 Å². The second-order valence-corrected chi connectivity index (χ2v) is 5.87. The third-order valence-electron chi connectivity index (χ3n) is 2.99. The zero-order valence-corrected chi connectivity index (χ0v) is 12.5. The maximum atomic E-state index is 12.0. The highest BCUT2D eigenvalue weighted by Crippen LogP contribution is 2.13. The fourth-order valence-corrected chi connectivity index (χ4v) is 2.96. The number of thiophene rings is 1. The largest absolute Gasteiger partial charge is 0.351 e. The first-order chi connectivity index (χ1) is 9.16. The quantitative estimate of drug-likeness (QED) is 0.814. The lowest BCUT2D eigenvalue weighted by Crippen LogP contribution is -2.32. The molecule has 0 aliphatic rings. The van der Waals surface area contributed by atoms with Crippen LogP contribution in [0.15, 0.2) is 41.1 Å². The Morgan fingerprint density at radius 2 is 2.05 bits per heavy atom. The lowest BCUT2D eigenvalue weighted by molar-refractivity contribution is -0.120. The van der Waals surface area contributed by atoms with Crippen molar-refractivity contribution in [3.8, 4) is 0 Å². The van der Waals surface area contributed by atoms with E-state index in [4.69, 9.17) is 0 Å². The second kappa shape index (κ2) is 6.78. The normalized spacial score (nSPS) is 12.1. The van der Waals surface area contributed by atoms with Gasteiger partial charge >= 0.3 is 0 Å². The molecule has 2 nitrogen and oxygen atoms in total. The smallest absolute Gasteiger partial charge is 0.233 e. The molecule has 1 aromatic carbocycles. The predicted molar refractivity (Wildman–Crippen MR) is 83.8 cm³/mol. The average molecular weight is 291 g/mol. The topological polar surface area (TPSA) is 29.1 Å². The molecule has 1 heterocycles. The third-order valence-corrected chi connectivity index (χ3v) is 4.32. The Hall–Kier alpha value is -1.26. The van der Waals surface area contributed by atoms with Crippen molar-refractivity contribution in [2.75, 3.05) is 0 Å². The zero-order valence-electron chi connectivity index (χ0n) is 10.8. The molecule has 0 radical (unpaired) electrons. The first kappa shape index (κ1) is 14.2. The molecule has 1 aromatic heterocycles. The predicted octanol–water partition coefficient (Wildman–Crippen LogP) is 3.21. The van der Waals surface area contributed by atoms with Crippen molar-refractivity contribution >= 4 is 29.9 Å². The summed E-state index contributed by atoms with van der Waals surface area (Å²) in [5.41, 5.74) is 3.53. The maximum absolute atomic E-state index is 12.0. The van der Waals surface area contributed by atoms with E-state index in [0.29, 0.717) is 13.0 Å². The van der Waals surface area contributed by atoms with Gasteiger partial charge in [-0.15, -0.1) is 0 Å². The van der Waals surface area contributed by atoms with Crippen molar-refractivity contribution < 1.29 is 4.79 Å². The van der Waals surface area contributed by atoms with Crippen molar-refractivity contribution in [2.45, 2.75) is 25.1 Å². The van der Waals surface area contributed by atoms with Crippen LogP contribution in [0.2, 0.25) is 0 Å². The van der Waals surface area contributed by atoms with E-state index in [0.717, 1.165) is 5.56 Å². The van der Waals surface area contributed by atoms with Gasteiger partial charge in [0, 0.05) is 6.54 Å². The van der Waals surface area contributed by atoms with Crippen molar-refractivity contribution in [3.05, 3.63) is 57.8 Å². The molecular formula is C15H17NOS2. The number of aryl methyl sites for hydroxylation is 1. The van der Waals surface area contributed by atoms with E-state index >= 15 is 0 Å². The number of nitrogens with one attached hydrogen (secondary N) is 1. The average Bonchev–Trinajstić information content (AvgIpc) is 2.82. The molecule has 2 rings (SSSR count). The number of rotatable bonds is 5. The third kappa shape index (κ3) is 4.11. The monoisotopic (exact) mass is 291 g/mol. The first-order valence-corrected chi connectivity index (χ1v) is 7.64. The highest BCUT2D eigenvalue weighted by atomic mass is 32.1. The minimum atomic E-state index is -0.304. The van der Waals surface area contributed by atoms with Crippen LogP contribution in [0.25, 0.3) is 0 Å². The van der Waals surface area contributed by atoms with Gasteiger partial charge in [0.25, 0.3) is 0 Å². The molecule has 100 valence electrons. The van der Waals surface area contributed by atoms with Gasteiger partial charge in [0.1, 0.15) is 0 Å². The van der Waals surface area contributed by atoms with Crippen LogP contribution in [-0.4, -0.2) is 11.2 Å². The molecule has 0 aliphatic carbocycles. The summed E-state index contributed by atoms with van der Waals surface area (Å²) in [6.45, 7) is 2.64. The lowest BCUT2D eigenvalue weighted by Gasteiger charge is -2.11. The van der Waals surface area contributed by atoms with Gasteiger partial charge in [-0.2, -0.15) is 24.0 Å². The number of benzene rings is 1. The molecule has 1 N–H and O–H groups in total. The summed E-state index contributed by atoms with van der Waals surface area (Å²) in [5.74, 6) is -0.0159. The lowest BCUT2D eigenvalue weighted by atomic mass is 10.1. The highest BCUT2D eigenvalue weighted by Gasteiger charge is 2.14. The van der Waals surface area contributed by atoms with Crippen LogP contribution in [0.4, 0.5) is 0 Å². The summed E-state index contributed by atoms with van der Waals surface area (Å²) in [6.07, 6.45) is 0.651. The minimum Gasteiger partial charge on any atom is -0.351 e. The van der Waals surface area contributed by atoms with E-state index in [1.165, 1.54) is 11.1 Å². The Labute approximate surface area is 123 Å². The van der Waals surface area contributed by atoms with Gasteiger partial charge in [0.15, 0.2) is 0 Å². The summed E-state index contributed by atoms with van der Waals surface area (Å²) in [4.78, 5) is 12.0. The fraction of sp³-hybridized carbons (Fsp3) is 0.267. The van der Waals surface area contributed by atoms with Crippen LogP contribution in [0.5, 0.6) is 0 Å². The molecular weight excluding hydrogens is 274 g/mol. The van der Waals surface area contributed by atoms with Gasteiger partial charge in [-0.05, 0) is 40.8 Å². The van der Waals surface area contributed by atoms with Crippen molar-refractivity contribution in [3.63, 3.8) is 0 Å². The van der Waals surface area contributed by atoms with E-state index in [9.17, 15) is 4.79 Å². The van der Waals surface area contributed by atoms with Crippen LogP contribution >= 0.6 is 24.0 Å². The Kier molecular flexibility index (Phi) is 5.05. The van der Waals surface area contributed by atoms with Crippen LogP contribution < -0.4 is 5.32 Å². The van der Waals surface area contributed by atoms with E-state index in [-0.39, 0.29) is 11.2 Å². The van der Waals surface area contributed by atoms with Gasteiger partial charge in [-0.3, -0.25) is 4.79 Å². The summed E-state index contributed by atoms with van der Waals surface area (Å²) in [6, 6.07) is 9.94. The number of thiol groups is 1. The number of carbonyl (C=O) groups is 1. The van der Waals surface area contributed by atoms with Crippen LogP contribution in [0.1, 0.15) is 16.7 Å². The Balaban J connectivity index is 1.84. The molecule has 0 saturated carbocycles. The zero-order chi connectivity index (χ0) is 13.7. The van der Waals surface area contributed by atoms with Gasteiger partial charge in [-0.1, -0.05) is 30.3 Å². The van der Waals surface area contributed by atoms with Crippen LogP contribution in [0, 0.1) is 6.92 Å². The number of carbonyl (C=O) groups excluding carboxylic acids is 1. The molecule has 0 saturated heterocycles. The first-order valence-electron chi connectivity index (χ1n) is 6.18. The van der Waals surface area contributed by atoms with E-state index in [1.807, 2.05) is 30.3 Å². The minimum absolute atomic E-state index is 0.0159. The number of hydrogen-bond acceptors (Lipinski definition) is 3. The maximum Gasteiger partial charge on any atom is 0.233 e. The van der Waals surface area contributed by atoms with E-state index in [2.05, 4.69) is 35.6 Å². The molecule has 1 amide bonds. The van der Waals surface area contributed by atoms with Crippen molar-refractivity contribution in [1.82, 2.24) is 5.32 Å². The van der Waals surface area contributed by atoms with Crippen LogP contribution in [-0.2, 0) is 17.8 Å². The SMILES string of the molecule is Cc1cscc1CNC(=O)C(S)Cc1ccccc1. The molecule has 0 fully saturated rings. The van der Waals surface area contributed by atoms with Crippen molar-refractivity contribution in [2.24, 2.45) is 0 Å². The molecule has 1 unspecified atom stereocenters. The molecule has 0 bridgehead atoms. The van der Waals surface area contributed by atoms with Gasteiger partial charge < -0.3 is 5.32 Å². The molecule has 19 heavy (non-hydrogen) atoms. The standard InChI is InChI=1S/C15H17NOS2/c1-11-9-19-10-13(11)8-16-15(17)14(18)7-12-5-3-2-4-6-12/h2-6,9-10,14,18H,7-8H2,1H3,(H,16,17). The van der Waals surface area contributed by atoms with E-state index < -0.39 is 0 Å². The fourth-order valence-electron chi connectivity index (χ4n) is 1.80. The Morgan fingerprint density at radius 3 is 2.68 bits per heavy atom. The summed E-state index contributed by atoms with van der Waals surface area (Å²) in [5, 5.41) is 6.79. The Morgan fingerprint density at radius 1 is 1.32 bits per heavy atom. The highest BCUT2D eigenvalue weighted by molar-refractivity contribution is 7.81. The molecule has 4 heteroatoms. The molecule has 0 aliphatic heterocycles. The van der Waals surface area contributed by atoms with Crippen LogP contribution in [0.3, 0.4) is 0 Å². The second-order valence-electron chi connectivity index (χ2n) is 4.50. The summed E-state index contributed by atoms with van der Waals surface area (Å²) < 4.78 is 0. The summed E-state index contributed by atoms with van der Waals surface area (Å²) in [7, 11) is 0. The molecule has 2 aromatic rings. The number of hydrogen-bond donors (Lipinski definition) is 2. The van der Waals surface area contributed by atoms with Gasteiger partial charge in [-0.25, -0.2) is 0 Å². The molecule has 1 atom stereocenters. The van der Waals surface area contributed by atoms with Gasteiger partial charge in [0.2, 0.25) is 5.91 Å². The number of amides is 1.